The number of aromatic nitrogens is 6. The van der Waals surface area contributed by atoms with E-state index in [0.29, 0.717) is 36.1 Å². The summed E-state index contributed by atoms with van der Waals surface area (Å²) in [5.74, 6) is 0.0467. The van der Waals surface area contributed by atoms with Crippen LogP contribution in [-0.2, 0) is 17.8 Å². The second-order valence-corrected chi connectivity index (χ2v) is 19.7. The predicted molar refractivity (Wildman–Crippen MR) is 225 cm³/mol. The van der Waals surface area contributed by atoms with Crippen molar-refractivity contribution < 1.29 is 19.8 Å². The van der Waals surface area contributed by atoms with E-state index in [1.54, 1.807) is 11.3 Å². The van der Waals surface area contributed by atoms with Crippen molar-refractivity contribution in [2.24, 2.45) is 21.7 Å². The fourth-order valence-electron chi connectivity index (χ4n) is 12.7. The Morgan fingerprint density at radius 2 is 1.67 bits per heavy atom. The van der Waals surface area contributed by atoms with Gasteiger partial charge in [-0.1, -0.05) is 37.3 Å². The topological polar surface area (TPSA) is 171 Å². The van der Waals surface area contributed by atoms with E-state index in [0.717, 1.165) is 76.5 Å². The number of para-hydroxylation sites is 1. The first-order chi connectivity index (χ1) is 27.7. The first kappa shape index (κ1) is 38.6. The number of benzene rings is 1. The average Bonchev–Trinajstić information content (AvgIpc) is 3.73. The Bertz CT molecular complexity index is 2370. The van der Waals surface area contributed by atoms with Crippen molar-refractivity contribution in [2.45, 2.75) is 105 Å². The van der Waals surface area contributed by atoms with Crippen LogP contribution < -0.4 is 15.5 Å². The van der Waals surface area contributed by atoms with E-state index in [4.69, 9.17) is 20.2 Å². The molecule has 5 heterocycles. The van der Waals surface area contributed by atoms with Crippen molar-refractivity contribution in [3.8, 4) is 11.1 Å². The largest absolute Gasteiger partial charge is 0.481 e. The fourth-order valence-corrected chi connectivity index (χ4v) is 13.5. The van der Waals surface area contributed by atoms with E-state index in [1.807, 2.05) is 48.4 Å². The van der Waals surface area contributed by atoms with E-state index in [-0.39, 0.29) is 33.8 Å². The molecule has 5 aromatic rings. The Morgan fingerprint density at radius 1 is 0.897 bits per heavy atom. The van der Waals surface area contributed by atoms with Gasteiger partial charge in [-0.25, -0.2) is 14.8 Å². The lowest BCUT2D eigenvalue weighted by atomic mass is 9.35. The Balaban J connectivity index is 0.952. The fraction of sp³-hybridized carbons (Fsp3) is 0.523. The molecule has 4 aliphatic carbocycles. The van der Waals surface area contributed by atoms with Crippen LogP contribution in [0.1, 0.15) is 105 Å². The molecule has 13 nitrogen and oxygen atoms in total. The number of carboxylic acids is 2. The molecule has 58 heavy (non-hydrogen) atoms. The van der Waals surface area contributed by atoms with Gasteiger partial charge in [0.25, 0.3) is 0 Å². The lowest BCUT2D eigenvalue weighted by Crippen LogP contribution is -2.60. The van der Waals surface area contributed by atoms with Gasteiger partial charge in [-0.2, -0.15) is 5.10 Å². The molecule has 304 valence electrons. The van der Waals surface area contributed by atoms with E-state index in [1.165, 1.54) is 38.5 Å². The number of nitrogens with one attached hydrogen (secondary N) is 2. The highest BCUT2D eigenvalue weighted by atomic mass is 32.1. The number of carboxylic acid groups (broad SMARTS) is 2. The lowest BCUT2D eigenvalue weighted by Gasteiger charge is -2.70. The van der Waals surface area contributed by atoms with E-state index < -0.39 is 11.9 Å². The minimum absolute atomic E-state index is 0.00294. The van der Waals surface area contributed by atoms with Crippen molar-refractivity contribution >= 4 is 56.1 Å². The molecule has 4 bridgehead atoms. The van der Waals surface area contributed by atoms with Gasteiger partial charge in [-0.15, -0.1) is 10.2 Å². The van der Waals surface area contributed by atoms with Crippen LogP contribution in [0.15, 0.2) is 42.6 Å². The van der Waals surface area contributed by atoms with Crippen molar-refractivity contribution in [2.75, 3.05) is 29.9 Å². The predicted octanol–water partition coefficient (Wildman–Crippen LogP) is 8.70. The molecule has 2 unspecified atom stereocenters. The summed E-state index contributed by atoms with van der Waals surface area (Å²) in [5, 5.41) is 41.3. The van der Waals surface area contributed by atoms with Crippen LogP contribution >= 0.6 is 11.3 Å². The maximum absolute atomic E-state index is 12.9. The molecule has 4 saturated carbocycles. The molecule has 5 aliphatic rings. The molecular formula is C44H53N9O4S. The summed E-state index contributed by atoms with van der Waals surface area (Å²) in [4.78, 5) is 35.4. The number of pyridine rings is 1. The van der Waals surface area contributed by atoms with Crippen molar-refractivity contribution in [3.05, 3.63) is 65.1 Å². The summed E-state index contributed by atoms with van der Waals surface area (Å²) in [5.41, 5.74) is 6.25. The minimum Gasteiger partial charge on any atom is -0.481 e. The summed E-state index contributed by atoms with van der Waals surface area (Å²) >= 11 is 1.57. The number of hydrogen-bond acceptors (Lipinski definition) is 11. The van der Waals surface area contributed by atoms with Crippen LogP contribution in [0, 0.1) is 35.5 Å². The van der Waals surface area contributed by atoms with Crippen LogP contribution in [0.5, 0.6) is 0 Å². The molecule has 1 aromatic carbocycles. The van der Waals surface area contributed by atoms with Crippen molar-refractivity contribution in [1.29, 1.82) is 0 Å². The Hall–Kier alpha value is -4.95. The molecule has 0 saturated heterocycles. The SMILES string of the molecule is Cc1c(Nc2nc3ccccc3s2)nnc2c1CCCN2c1ccc(-c2cnn(CC34CC5(C)CC(C)(CC(CCCNCCC(=O)O)(C5)C3)C4)c2C)c(C(=O)O)n1. The standard InChI is InChI=1S/C44H53N9O4S/c1-27-29-9-7-18-52(38(29)51-50-37(27)49-40-47-32-10-5-6-11-33(32)58-40)34-13-12-30(36(48-34)39(56)57)31-19-46-53(28(31)2)26-44-23-41(3)20-42(4,24-44)22-43(21-41,25-44)15-8-16-45-17-14-35(54)55/h5-6,10-13,19,45H,7-9,14-18,20-26H2,1-4H3,(H,54,55)(H,56,57)(H,47,49,50). The normalized spacial score (nSPS) is 26.0. The van der Waals surface area contributed by atoms with Gasteiger partial charge in [0.2, 0.25) is 0 Å². The highest BCUT2D eigenvalue weighted by Crippen LogP contribution is 2.75. The zero-order chi connectivity index (χ0) is 40.5. The molecule has 10 rings (SSSR count). The van der Waals surface area contributed by atoms with Crippen LogP contribution in [0.25, 0.3) is 21.3 Å². The summed E-state index contributed by atoms with van der Waals surface area (Å²) in [7, 11) is 0. The van der Waals surface area contributed by atoms with E-state index in [2.05, 4.69) is 52.4 Å². The third-order valence-corrected chi connectivity index (χ3v) is 14.5. The Kier molecular flexibility index (Phi) is 9.58. The molecule has 0 radical (unpaired) electrons. The number of rotatable bonds is 14. The van der Waals surface area contributed by atoms with Gasteiger partial charge in [0, 0.05) is 47.6 Å². The highest BCUT2D eigenvalue weighted by Gasteiger charge is 2.65. The van der Waals surface area contributed by atoms with Crippen LogP contribution in [0.2, 0.25) is 0 Å². The van der Waals surface area contributed by atoms with Crippen molar-refractivity contribution in [1.82, 2.24) is 35.3 Å². The van der Waals surface area contributed by atoms with Gasteiger partial charge in [0.1, 0.15) is 5.82 Å². The summed E-state index contributed by atoms with van der Waals surface area (Å²) < 4.78 is 3.23. The number of aliphatic carboxylic acids is 1. The summed E-state index contributed by atoms with van der Waals surface area (Å²) in [6, 6.07) is 11.8. The Morgan fingerprint density at radius 3 is 2.43 bits per heavy atom. The number of hydrogen-bond donors (Lipinski definition) is 4. The molecule has 0 amide bonds. The highest BCUT2D eigenvalue weighted by molar-refractivity contribution is 7.22. The number of thiazole rings is 1. The first-order valence-electron chi connectivity index (χ1n) is 20.7. The zero-order valence-electron chi connectivity index (χ0n) is 33.9. The van der Waals surface area contributed by atoms with Crippen molar-refractivity contribution in [3.63, 3.8) is 0 Å². The van der Waals surface area contributed by atoms with Gasteiger partial charge in [-0.3, -0.25) is 9.48 Å². The molecular weight excluding hydrogens is 751 g/mol. The smallest absolute Gasteiger partial charge is 0.355 e. The van der Waals surface area contributed by atoms with Gasteiger partial charge in [-0.05, 0) is 131 Å². The number of fused-ring (bicyclic) bond motifs is 2. The zero-order valence-corrected chi connectivity index (χ0v) is 34.7. The van der Waals surface area contributed by atoms with Crippen LogP contribution in [0.4, 0.5) is 22.6 Å². The van der Waals surface area contributed by atoms with Gasteiger partial charge in [0.05, 0.1) is 22.8 Å². The maximum Gasteiger partial charge on any atom is 0.355 e. The molecule has 0 spiro atoms. The van der Waals surface area contributed by atoms with Gasteiger partial charge < -0.3 is 25.7 Å². The minimum atomic E-state index is -1.08. The number of nitrogens with zero attached hydrogens (tertiary/aromatic N) is 7. The monoisotopic (exact) mass is 803 g/mol. The molecule has 4 N–H and O–H groups in total. The molecule has 1 aliphatic heterocycles. The maximum atomic E-state index is 12.9. The van der Waals surface area contributed by atoms with E-state index >= 15 is 0 Å². The number of aromatic carboxylic acids is 1. The summed E-state index contributed by atoms with van der Waals surface area (Å²) in [6.07, 6.45) is 13.2. The van der Waals surface area contributed by atoms with Gasteiger partial charge >= 0.3 is 11.9 Å². The average molecular weight is 804 g/mol. The van der Waals surface area contributed by atoms with Crippen LogP contribution in [0.3, 0.4) is 0 Å². The third kappa shape index (κ3) is 7.12. The second-order valence-electron chi connectivity index (χ2n) is 18.7. The van der Waals surface area contributed by atoms with E-state index in [9.17, 15) is 14.7 Å². The number of carbonyl (C=O) groups is 2. The van der Waals surface area contributed by atoms with Gasteiger partial charge in [0.15, 0.2) is 22.5 Å². The molecule has 14 heteroatoms. The Labute approximate surface area is 342 Å². The molecule has 2 atom stereocenters. The molecule has 4 fully saturated rings. The quantitative estimate of drug-likeness (QED) is 0.0789. The lowest BCUT2D eigenvalue weighted by molar-refractivity contribution is -0.197. The summed E-state index contributed by atoms with van der Waals surface area (Å²) in [6.45, 7) is 11.9. The molecule has 4 aromatic heterocycles. The number of anilines is 4. The third-order valence-electron chi connectivity index (χ3n) is 13.5. The second kappa shape index (κ2) is 14.4. The van der Waals surface area contributed by atoms with Crippen LogP contribution in [-0.4, -0.2) is 71.7 Å². The first-order valence-corrected chi connectivity index (χ1v) is 21.5.